The van der Waals surface area contributed by atoms with Crippen LogP contribution in [-0.2, 0) is 28.6 Å². The highest BCUT2D eigenvalue weighted by Crippen LogP contribution is 2.16. The monoisotopic (exact) mass is 1050 g/mol. The molecule has 0 saturated heterocycles. The second kappa shape index (κ2) is 63.6. The van der Waals surface area contributed by atoms with Gasteiger partial charge in [-0.2, -0.15) is 0 Å². The van der Waals surface area contributed by atoms with E-state index in [-0.39, 0.29) is 37.5 Å². The summed E-state index contributed by atoms with van der Waals surface area (Å²) in [6, 6.07) is 0. The van der Waals surface area contributed by atoms with E-state index in [4.69, 9.17) is 14.2 Å². The Balaban J connectivity index is 4.39. The van der Waals surface area contributed by atoms with Gasteiger partial charge in [0.25, 0.3) is 0 Å². The maximum absolute atomic E-state index is 12.9. The van der Waals surface area contributed by atoms with Gasteiger partial charge >= 0.3 is 17.9 Å². The zero-order valence-electron chi connectivity index (χ0n) is 50.1. The summed E-state index contributed by atoms with van der Waals surface area (Å²) < 4.78 is 16.9. The second-order valence-corrected chi connectivity index (χ2v) is 22.0. The largest absolute Gasteiger partial charge is 0.462 e. The Bertz CT molecular complexity index is 1340. The highest BCUT2D eigenvalue weighted by Gasteiger charge is 2.19. The maximum Gasteiger partial charge on any atom is 0.306 e. The summed E-state index contributed by atoms with van der Waals surface area (Å²) in [7, 11) is 0. The Hall–Kier alpha value is -2.89. The molecule has 0 fully saturated rings. The number of rotatable bonds is 60. The van der Waals surface area contributed by atoms with Gasteiger partial charge in [0.1, 0.15) is 13.2 Å². The Morgan fingerprint density at radius 3 is 0.800 bits per heavy atom. The van der Waals surface area contributed by atoms with Gasteiger partial charge in [-0.15, -0.1) is 0 Å². The molecule has 0 aromatic heterocycles. The predicted molar refractivity (Wildman–Crippen MR) is 325 cm³/mol. The van der Waals surface area contributed by atoms with Crippen LogP contribution in [0.15, 0.2) is 60.8 Å². The van der Waals surface area contributed by atoms with Crippen molar-refractivity contribution in [1.82, 2.24) is 0 Å². The fourth-order valence-corrected chi connectivity index (χ4v) is 9.51. The standard InChI is InChI=1S/C69H124O6/c1-4-7-10-13-16-19-22-25-28-31-33-34-36-39-41-44-47-50-53-56-59-62-68(71)74-65-66(75-69(72)63-60-57-54-51-48-45-42-37-30-27-24-21-18-15-12-9-6-3)64-73-67(70)61-58-55-52-49-46-43-40-38-35-32-29-26-23-20-17-14-11-8-5-2/h25-30,42,45,51,54,66H,4-24,31-41,43-44,46-50,52-53,55-65H2,1-3H3/b28-25-,29-26-,30-27-,45-42-,54-51-/t66-/m0/s1. The molecule has 0 unspecified atom stereocenters. The van der Waals surface area contributed by atoms with Gasteiger partial charge in [0.2, 0.25) is 0 Å². The lowest BCUT2D eigenvalue weighted by Gasteiger charge is -2.18. The van der Waals surface area contributed by atoms with Gasteiger partial charge in [0, 0.05) is 19.3 Å². The molecule has 0 rings (SSSR count). The molecule has 6 heteroatoms. The Morgan fingerprint density at radius 1 is 0.267 bits per heavy atom. The van der Waals surface area contributed by atoms with Crippen molar-refractivity contribution in [3.8, 4) is 0 Å². The first-order valence-corrected chi connectivity index (χ1v) is 32.8. The van der Waals surface area contributed by atoms with Crippen LogP contribution in [0.1, 0.15) is 342 Å². The van der Waals surface area contributed by atoms with E-state index in [1.165, 1.54) is 238 Å². The first-order chi connectivity index (χ1) is 37.0. The van der Waals surface area contributed by atoms with Crippen molar-refractivity contribution >= 4 is 17.9 Å². The molecular formula is C69H124O6. The summed E-state index contributed by atoms with van der Waals surface area (Å²) in [6.45, 7) is 6.63. The van der Waals surface area contributed by atoms with Crippen LogP contribution < -0.4 is 0 Å². The summed E-state index contributed by atoms with van der Waals surface area (Å²) in [5, 5.41) is 0. The molecule has 6 nitrogen and oxygen atoms in total. The van der Waals surface area contributed by atoms with Gasteiger partial charge in [-0.1, -0.05) is 281 Å². The van der Waals surface area contributed by atoms with Gasteiger partial charge in [-0.25, -0.2) is 0 Å². The summed E-state index contributed by atoms with van der Waals surface area (Å²) in [5.41, 5.74) is 0. The van der Waals surface area contributed by atoms with Gasteiger partial charge in [0.05, 0.1) is 0 Å². The average Bonchev–Trinajstić information content (AvgIpc) is 3.41. The molecule has 0 aliphatic carbocycles. The van der Waals surface area contributed by atoms with E-state index in [1.54, 1.807) is 0 Å². The number of carbonyl (C=O) groups is 3. The molecule has 0 aliphatic heterocycles. The lowest BCUT2D eigenvalue weighted by atomic mass is 10.0. The lowest BCUT2D eigenvalue weighted by Crippen LogP contribution is -2.30. The van der Waals surface area contributed by atoms with Crippen molar-refractivity contribution in [3.05, 3.63) is 60.8 Å². The number of ether oxygens (including phenoxy) is 3. The molecule has 75 heavy (non-hydrogen) atoms. The van der Waals surface area contributed by atoms with Crippen LogP contribution in [0.2, 0.25) is 0 Å². The van der Waals surface area contributed by atoms with E-state index in [0.29, 0.717) is 19.3 Å². The Morgan fingerprint density at radius 2 is 0.493 bits per heavy atom. The van der Waals surface area contributed by atoms with E-state index >= 15 is 0 Å². The molecule has 0 saturated carbocycles. The number of allylic oxidation sites excluding steroid dienone is 10. The topological polar surface area (TPSA) is 78.9 Å². The highest BCUT2D eigenvalue weighted by atomic mass is 16.6. The van der Waals surface area contributed by atoms with Crippen LogP contribution in [0.25, 0.3) is 0 Å². The van der Waals surface area contributed by atoms with Gasteiger partial charge in [-0.05, 0) is 103 Å². The van der Waals surface area contributed by atoms with Crippen LogP contribution in [-0.4, -0.2) is 37.2 Å². The summed E-state index contributed by atoms with van der Waals surface area (Å²) in [4.78, 5) is 38.3. The molecule has 0 heterocycles. The Kier molecular flexibility index (Phi) is 61.2. The fraction of sp³-hybridized carbons (Fsp3) is 0.812. The van der Waals surface area contributed by atoms with Crippen molar-refractivity contribution in [1.29, 1.82) is 0 Å². The minimum absolute atomic E-state index is 0.0930. The third kappa shape index (κ3) is 61.8. The predicted octanol–water partition coefficient (Wildman–Crippen LogP) is 22.3. The molecule has 0 bridgehead atoms. The number of carbonyl (C=O) groups excluding carboxylic acids is 3. The molecule has 0 aromatic rings. The molecule has 0 spiro atoms. The minimum Gasteiger partial charge on any atom is -0.462 e. The quantitative estimate of drug-likeness (QED) is 0.0261. The molecule has 436 valence electrons. The van der Waals surface area contributed by atoms with Crippen molar-refractivity contribution < 1.29 is 28.6 Å². The van der Waals surface area contributed by atoms with Crippen LogP contribution in [0.4, 0.5) is 0 Å². The van der Waals surface area contributed by atoms with E-state index < -0.39 is 6.10 Å². The van der Waals surface area contributed by atoms with Crippen LogP contribution >= 0.6 is 0 Å². The van der Waals surface area contributed by atoms with Gasteiger partial charge < -0.3 is 14.2 Å². The molecule has 0 amide bonds. The van der Waals surface area contributed by atoms with Crippen molar-refractivity contribution in [3.63, 3.8) is 0 Å². The molecule has 0 radical (unpaired) electrons. The SMILES string of the molecule is CCCCCCCC/C=C\C/C=C\C/C=C\CCCC(=O)O[C@@H](COC(=O)CCCCCCCCCCC/C=C\CCCCCCCC)COC(=O)CCCCCCCCCCCCC/C=C\CCCCCCCC. The zero-order valence-corrected chi connectivity index (χ0v) is 50.1. The second-order valence-electron chi connectivity index (χ2n) is 22.0. The van der Waals surface area contributed by atoms with Gasteiger partial charge in [-0.3, -0.25) is 14.4 Å². The fourth-order valence-electron chi connectivity index (χ4n) is 9.51. The third-order valence-corrected chi connectivity index (χ3v) is 14.5. The van der Waals surface area contributed by atoms with Crippen LogP contribution in [0.5, 0.6) is 0 Å². The number of hydrogen-bond donors (Lipinski definition) is 0. The molecule has 1 atom stereocenters. The first kappa shape index (κ1) is 72.1. The molecule has 0 N–H and O–H groups in total. The van der Waals surface area contributed by atoms with Crippen molar-refractivity contribution in [2.24, 2.45) is 0 Å². The van der Waals surface area contributed by atoms with Crippen LogP contribution in [0.3, 0.4) is 0 Å². The zero-order chi connectivity index (χ0) is 54.3. The summed E-state index contributed by atoms with van der Waals surface area (Å²) in [6.07, 6.45) is 80.9. The number of unbranched alkanes of at least 4 members (excludes halogenated alkanes) is 39. The lowest BCUT2D eigenvalue weighted by molar-refractivity contribution is -0.167. The maximum atomic E-state index is 12.9. The van der Waals surface area contributed by atoms with E-state index in [9.17, 15) is 14.4 Å². The normalized spacial score (nSPS) is 12.4. The number of hydrogen-bond acceptors (Lipinski definition) is 6. The van der Waals surface area contributed by atoms with Crippen LogP contribution in [0, 0.1) is 0 Å². The molecule has 0 aromatic carbocycles. The van der Waals surface area contributed by atoms with E-state index in [2.05, 4.69) is 81.5 Å². The highest BCUT2D eigenvalue weighted by molar-refractivity contribution is 5.71. The molecule has 0 aliphatic rings. The van der Waals surface area contributed by atoms with E-state index in [0.717, 1.165) is 57.8 Å². The summed E-state index contributed by atoms with van der Waals surface area (Å²) >= 11 is 0. The van der Waals surface area contributed by atoms with Crippen molar-refractivity contribution in [2.75, 3.05) is 13.2 Å². The molecular weight excluding hydrogens is 925 g/mol. The average molecular weight is 1050 g/mol. The number of esters is 3. The minimum atomic E-state index is -0.802. The summed E-state index contributed by atoms with van der Waals surface area (Å²) in [5.74, 6) is -0.931. The van der Waals surface area contributed by atoms with E-state index in [1.807, 2.05) is 0 Å². The Labute approximate surface area is 466 Å². The first-order valence-electron chi connectivity index (χ1n) is 32.8. The smallest absolute Gasteiger partial charge is 0.306 e. The third-order valence-electron chi connectivity index (χ3n) is 14.5. The van der Waals surface area contributed by atoms with Crippen molar-refractivity contribution in [2.45, 2.75) is 348 Å². The van der Waals surface area contributed by atoms with Gasteiger partial charge in [0.15, 0.2) is 6.10 Å².